The third-order valence-electron chi connectivity index (χ3n) is 4.70. The molecule has 2 rings (SSSR count). The lowest BCUT2D eigenvalue weighted by Gasteiger charge is -2.51. The molecule has 1 aromatic heterocycles. The van der Waals surface area contributed by atoms with Gasteiger partial charge in [0.1, 0.15) is 11.0 Å². The zero-order chi connectivity index (χ0) is 14.6. The Balaban J connectivity index is 2.49. The van der Waals surface area contributed by atoms with E-state index in [0.717, 1.165) is 37.6 Å². The SMILES string of the molecule is CCCC1(OC)C(c2ncc[nH]2)CCC[Si]1(OC)OC. The van der Waals surface area contributed by atoms with Crippen LogP contribution in [0.5, 0.6) is 0 Å². The number of H-pyrrole nitrogens is 1. The number of imidazole rings is 1. The zero-order valence-electron chi connectivity index (χ0n) is 12.9. The quantitative estimate of drug-likeness (QED) is 0.821. The van der Waals surface area contributed by atoms with Gasteiger partial charge in [0, 0.05) is 39.6 Å². The first-order valence-electron chi connectivity index (χ1n) is 7.34. The van der Waals surface area contributed by atoms with Crippen molar-refractivity contribution in [3.8, 4) is 0 Å². The minimum absolute atomic E-state index is 0.211. The highest BCUT2D eigenvalue weighted by Crippen LogP contribution is 2.50. The highest BCUT2D eigenvalue weighted by molar-refractivity contribution is 6.71. The van der Waals surface area contributed by atoms with E-state index in [0.29, 0.717) is 0 Å². The number of methoxy groups -OCH3 is 1. The van der Waals surface area contributed by atoms with Crippen molar-refractivity contribution in [1.82, 2.24) is 9.97 Å². The molecule has 0 spiro atoms. The lowest BCUT2D eigenvalue weighted by atomic mass is 9.91. The zero-order valence-corrected chi connectivity index (χ0v) is 13.9. The minimum atomic E-state index is -2.43. The fourth-order valence-electron chi connectivity index (χ4n) is 3.84. The van der Waals surface area contributed by atoms with Crippen molar-refractivity contribution in [2.24, 2.45) is 0 Å². The van der Waals surface area contributed by atoms with Crippen molar-refractivity contribution in [1.29, 1.82) is 0 Å². The van der Waals surface area contributed by atoms with Crippen LogP contribution in [0.25, 0.3) is 0 Å². The van der Waals surface area contributed by atoms with E-state index in [2.05, 4.69) is 16.9 Å². The van der Waals surface area contributed by atoms with Gasteiger partial charge in [0.15, 0.2) is 0 Å². The summed E-state index contributed by atoms with van der Waals surface area (Å²) in [5.41, 5.74) is 0. The Morgan fingerprint density at radius 3 is 2.65 bits per heavy atom. The molecule has 1 aliphatic rings. The summed E-state index contributed by atoms with van der Waals surface area (Å²) >= 11 is 0. The number of hydrogen-bond acceptors (Lipinski definition) is 4. The van der Waals surface area contributed by atoms with E-state index in [1.165, 1.54) is 0 Å². The van der Waals surface area contributed by atoms with E-state index in [1.807, 2.05) is 6.20 Å². The second kappa shape index (κ2) is 6.38. The highest BCUT2D eigenvalue weighted by atomic mass is 28.4. The van der Waals surface area contributed by atoms with Crippen LogP contribution in [0.4, 0.5) is 0 Å². The Kier molecular flexibility index (Phi) is 5.01. The highest BCUT2D eigenvalue weighted by Gasteiger charge is 2.63. The molecule has 1 saturated heterocycles. The van der Waals surface area contributed by atoms with Gasteiger partial charge in [0.25, 0.3) is 0 Å². The molecule has 0 aromatic carbocycles. The van der Waals surface area contributed by atoms with Crippen LogP contribution in [-0.4, -0.2) is 45.1 Å². The summed E-state index contributed by atoms with van der Waals surface area (Å²) in [6.07, 6.45) is 7.80. The first-order chi connectivity index (χ1) is 9.69. The molecule has 2 heterocycles. The number of rotatable bonds is 6. The van der Waals surface area contributed by atoms with E-state index < -0.39 is 8.56 Å². The maximum Gasteiger partial charge on any atom is 0.371 e. The van der Waals surface area contributed by atoms with Crippen LogP contribution < -0.4 is 0 Å². The molecule has 6 heteroatoms. The predicted octanol–water partition coefficient (Wildman–Crippen LogP) is 2.75. The molecule has 2 atom stereocenters. The average Bonchev–Trinajstić information content (AvgIpc) is 3.01. The summed E-state index contributed by atoms with van der Waals surface area (Å²) in [7, 11) is 2.89. The molecule has 1 fully saturated rings. The molecule has 1 aliphatic heterocycles. The average molecular weight is 298 g/mol. The maximum atomic E-state index is 6.11. The van der Waals surface area contributed by atoms with E-state index in [9.17, 15) is 0 Å². The number of nitrogens with zero attached hydrogens (tertiary/aromatic N) is 1. The Morgan fingerprint density at radius 1 is 1.40 bits per heavy atom. The molecule has 0 radical (unpaired) electrons. The van der Waals surface area contributed by atoms with Gasteiger partial charge < -0.3 is 18.6 Å². The van der Waals surface area contributed by atoms with E-state index >= 15 is 0 Å². The first kappa shape index (κ1) is 15.7. The Bertz CT molecular complexity index is 409. The second-order valence-electron chi connectivity index (χ2n) is 5.42. The van der Waals surface area contributed by atoms with Gasteiger partial charge in [0.05, 0.1) is 0 Å². The molecule has 5 nitrogen and oxygen atoms in total. The van der Waals surface area contributed by atoms with Crippen molar-refractivity contribution in [2.45, 2.75) is 49.8 Å². The van der Waals surface area contributed by atoms with Gasteiger partial charge in [-0.1, -0.05) is 19.8 Å². The maximum absolute atomic E-state index is 6.11. The van der Waals surface area contributed by atoms with Crippen LogP contribution in [0.1, 0.15) is 44.3 Å². The van der Waals surface area contributed by atoms with Gasteiger partial charge in [-0.05, 0) is 18.9 Å². The van der Waals surface area contributed by atoms with Gasteiger partial charge in [0.2, 0.25) is 0 Å². The van der Waals surface area contributed by atoms with Crippen molar-refractivity contribution in [3.05, 3.63) is 18.2 Å². The Hall–Kier alpha value is -0.693. The molecule has 0 aliphatic carbocycles. The molecule has 0 amide bonds. The number of aromatic nitrogens is 2. The van der Waals surface area contributed by atoms with Crippen molar-refractivity contribution in [2.75, 3.05) is 21.3 Å². The van der Waals surface area contributed by atoms with Gasteiger partial charge in [-0.25, -0.2) is 4.98 Å². The number of aromatic amines is 1. The number of ether oxygens (including phenoxy) is 1. The fraction of sp³-hybridized carbons (Fsp3) is 0.786. The van der Waals surface area contributed by atoms with Crippen molar-refractivity contribution >= 4 is 8.56 Å². The minimum Gasteiger partial charge on any atom is -0.396 e. The molecule has 20 heavy (non-hydrogen) atoms. The fourth-order valence-corrected chi connectivity index (χ4v) is 7.96. The molecule has 114 valence electrons. The van der Waals surface area contributed by atoms with Crippen LogP contribution in [0.2, 0.25) is 6.04 Å². The lowest BCUT2D eigenvalue weighted by Crippen LogP contribution is -2.67. The summed E-state index contributed by atoms with van der Waals surface area (Å²) in [4.78, 5) is 7.74. The molecular weight excluding hydrogens is 272 g/mol. The molecule has 2 unspecified atom stereocenters. The molecule has 1 aromatic rings. The van der Waals surface area contributed by atoms with Crippen LogP contribution >= 0.6 is 0 Å². The van der Waals surface area contributed by atoms with Crippen LogP contribution in [0.3, 0.4) is 0 Å². The van der Waals surface area contributed by atoms with Crippen LogP contribution in [0.15, 0.2) is 12.4 Å². The standard InChI is InChI=1S/C14H26N2O3Si/c1-5-8-14(17-2)12(13-15-9-10-16-13)7-6-11-20(14,18-3)19-4/h9-10,12H,5-8,11H2,1-4H3,(H,15,16). The summed E-state index contributed by atoms with van der Waals surface area (Å²) in [6.45, 7) is 2.18. The van der Waals surface area contributed by atoms with Gasteiger partial charge in [-0.2, -0.15) is 0 Å². The van der Waals surface area contributed by atoms with Gasteiger partial charge >= 0.3 is 8.56 Å². The van der Waals surface area contributed by atoms with Crippen LogP contribution in [-0.2, 0) is 13.6 Å². The van der Waals surface area contributed by atoms with Crippen LogP contribution in [0, 0.1) is 0 Å². The molecule has 0 saturated carbocycles. The summed E-state index contributed by atoms with van der Waals surface area (Å²) in [5.74, 6) is 1.20. The number of hydrogen-bond donors (Lipinski definition) is 1. The third kappa shape index (κ3) is 2.24. The third-order valence-corrected chi connectivity index (χ3v) is 9.12. The first-order valence-corrected chi connectivity index (χ1v) is 9.36. The Labute approximate surface area is 122 Å². The monoisotopic (exact) mass is 298 g/mol. The smallest absolute Gasteiger partial charge is 0.371 e. The summed E-state index contributed by atoms with van der Waals surface area (Å²) in [5, 5.41) is -0.374. The van der Waals surface area contributed by atoms with E-state index in [-0.39, 0.29) is 11.1 Å². The van der Waals surface area contributed by atoms with Crippen molar-refractivity contribution < 1.29 is 13.6 Å². The Morgan fingerprint density at radius 2 is 2.15 bits per heavy atom. The van der Waals surface area contributed by atoms with Gasteiger partial charge in [-0.15, -0.1) is 0 Å². The van der Waals surface area contributed by atoms with E-state index in [4.69, 9.17) is 13.6 Å². The van der Waals surface area contributed by atoms with Crippen molar-refractivity contribution in [3.63, 3.8) is 0 Å². The van der Waals surface area contributed by atoms with Gasteiger partial charge in [-0.3, -0.25) is 0 Å². The van der Waals surface area contributed by atoms with E-state index in [1.54, 1.807) is 27.5 Å². The molecular formula is C14H26N2O3Si. The second-order valence-corrected chi connectivity index (χ2v) is 9.09. The number of nitrogens with one attached hydrogen (secondary N) is 1. The lowest BCUT2D eigenvalue weighted by molar-refractivity contribution is -0.0320. The summed E-state index contributed by atoms with van der Waals surface area (Å²) < 4.78 is 18.0. The summed E-state index contributed by atoms with van der Waals surface area (Å²) in [6, 6.07) is 0.977. The normalized spacial score (nSPS) is 29.5. The topological polar surface area (TPSA) is 56.4 Å². The molecule has 0 bridgehead atoms. The predicted molar refractivity (Wildman–Crippen MR) is 79.8 cm³/mol. The molecule has 1 N–H and O–H groups in total. The largest absolute Gasteiger partial charge is 0.396 e.